The molecule has 0 fully saturated rings. The Kier molecular flexibility index (Phi) is 6.49. The first kappa shape index (κ1) is 22.5. The van der Waals surface area contributed by atoms with Gasteiger partial charge in [-0.25, -0.2) is 9.59 Å². The van der Waals surface area contributed by atoms with E-state index in [1.54, 1.807) is 13.8 Å². The fourth-order valence-electron chi connectivity index (χ4n) is 3.90. The van der Waals surface area contributed by atoms with Crippen LogP contribution in [0.1, 0.15) is 57.2 Å². The van der Waals surface area contributed by atoms with Gasteiger partial charge >= 0.3 is 11.9 Å². The van der Waals surface area contributed by atoms with Crippen molar-refractivity contribution in [2.75, 3.05) is 6.61 Å². The third-order valence-corrected chi connectivity index (χ3v) is 5.71. The van der Waals surface area contributed by atoms with Crippen molar-refractivity contribution in [2.45, 2.75) is 52.4 Å². The quantitative estimate of drug-likeness (QED) is 0.231. The third-order valence-electron chi connectivity index (χ3n) is 5.71. The molecule has 3 rings (SSSR count). The van der Waals surface area contributed by atoms with Gasteiger partial charge in [-0.2, -0.15) is 0 Å². The number of hydrogen-bond donors (Lipinski definition) is 0. The van der Waals surface area contributed by atoms with Crippen LogP contribution in [0.5, 0.6) is 5.75 Å². The van der Waals surface area contributed by atoms with Gasteiger partial charge in [0.25, 0.3) is 0 Å². The van der Waals surface area contributed by atoms with E-state index in [2.05, 4.69) is 45.2 Å². The number of carbonyl (C=O) groups excluding carboxylic acids is 2. The Morgan fingerprint density at radius 2 is 1.48 bits per heavy atom. The molecule has 0 aliphatic heterocycles. The molecule has 0 saturated heterocycles. The zero-order chi connectivity index (χ0) is 22.8. The molecule has 4 heteroatoms. The highest BCUT2D eigenvalue weighted by Gasteiger charge is 2.36. The second kappa shape index (κ2) is 8.93. The Labute approximate surface area is 184 Å². The van der Waals surface area contributed by atoms with E-state index in [9.17, 15) is 9.59 Å². The minimum atomic E-state index is -0.413. The summed E-state index contributed by atoms with van der Waals surface area (Å²) in [5.41, 5.74) is 6.70. The molecule has 31 heavy (non-hydrogen) atoms. The maximum Gasteiger partial charge on any atom is 0.338 e. The topological polar surface area (TPSA) is 52.6 Å². The van der Waals surface area contributed by atoms with Crippen molar-refractivity contribution in [1.82, 2.24) is 0 Å². The van der Waals surface area contributed by atoms with Crippen LogP contribution in [0.2, 0.25) is 0 Å². The van der Waals surface area contributed by atoms with E-state index in [1.165, 1.54) is 22.3 Å². The van der Waals surface area contributed by atoms with Gasteiger partial charge in [0.05, 0.1) is 6.61 Å². The van der Waals surface area contributed by atoms with Crippen molar-refractivity contribution < 1.29 is 19.1 Å². The summed E-state index contributed by atoms with van der Waals surface area (Å²) in [6.45, 7) is 15.3. The molecule has 4 nitrogen and oxygen atoms in total. The summed E-state index contributed by atoms with van der Waals surface area (Å²) in [6, 6.07) is 12.4. The van der Waals surface area contributed by atoms with Crippen LogP contribution in [0, 0.1) is 0 Å². The van der Waals surface area contributed by atoms with Gasteiger partial charge < -0.3 is 9.47 Å². The maximum atomic E-state index is 11.9. The zero-order valence-corrected chi connectivity index (χ0v) is 18.8. The van der Waals surface area contributed by atoms with Crippen LogP contribution in [-0.4, -0.2) is 18.5 Å². The first-order valence-electron chi connectivity index (χ1n) is 10.6. The van der Waals surface area contributed by atoms with Gasteiger partial charge in [-0.15, -0.1) is 0 Å². The second-order valence-corrected chi connectivity index (χ2v) is 8.76. The van der Waals surface area contributed by atoms with Crippen molar-refractivity contribution in [3.05, 3.63) is 77.4 Å². The third kappa shape index (κ3) is 4.79. The minimum absolute atomic E-state index is 0.191. The molecule has 0 amide bonds. The van der Waals surface area contributed by atoms with Crippen LogP contribution in [0.15, 0.2) is 60.7 Å². The number of benzene rings is 2. The number of ether oxygens (including phenoxy) is 2. The molecule has 2 aromatic rings. The Balaban J connectivity index is 1.71. The van der Waals surface area contributed by atoms with Gasteiger partial charge in [0.1, 0.15) is 5.75 Å². The molecule has 1 aliphatic rings. The number of aryl methyl sites for hydroxylation is 1. The molecule has 162 valence electrons. The maximum absolute atomic E-state index is 11.9. The SMILES string of the molecule is C=C(C)C(=O)OCCCCc1ccc2c(c1)C(C)(C)c1cc(OC(=O)C(=C)C)ccc1-2. The Morgan fingerprint density at radius 3 is 2.13 bits per heavy atom. The average Bonchev–Trinajstić information content (AvgIpc) is 2.94. The van der Waals surface area contributed by atoms with Crippen LogP contribution >= 0.6 is 0 Å². The molecule has 0 bridgehead atoms. The largest absolute Gasteiger partial charge is 0.462 e. The lowest BCUT2D eigenvalue weighted by atomic mass is 9.81. The molecule has 0 unspecified atom stereocenters. The van der Waals surface area contributed by atoms with Gasteiger partial charge in [-0.05, 0) is 73.1 Å². The number of rotatable bonds is 8. The van der Waals surface area contributed by atoms with Gasteiger partial charge in [0.15, 0.2) is 0 Å². The molecular weight excluding hydrogens is 388 g/mol. The number of unbranched alkanes of at least 4 members (excludes halogenated alkanes) is 1. The van der Waals surface area contributed by atoms with Crippen molar-refractivity contribution >= 4 is 11.9 Å². The van der Waals surface area contributed by atoms with Gasteiger partial charge in [0, 0.05) is 16.6 Å². The predicted octanol–water partition coefficient (Wildman–Crippen LogP) is 5.92. The standard InChI is InChI=1S/C27H30O4/c1-17(2)25(28)30-14-8-7-9-19-10-12-21-22-13-11-20(31-26(29)18(3)4)16-24(22)27(5,6)23(21)15-19/h10-13,15-16H,1,3,7-9,14H2,2,4-6H3. The highest BCUT2D eigenvalue weighted by molar-refractivity contribution is 5.89. The fraction of sp³-hybridized carbons (Fsp3) is 0.333. The van der Waals surface area contributed by atoms with Gasteiger partial charge in [0.2, 0.25) is 0 Å². The van der Waals surface area contributed by atoms with E-state index < -0.39 is 5.97 Å². The molecule has 0 radical (unpaired) electrons. The normalized spacial score (nSPS) is 13.2. The summed E-state index contributed by atoms with van der Waals surface area (Å²) in [4.78, 5) is 23.3. The number of esters is 2. The molecule has 2 aromatic carbocycles. The fourth-order valence-corrected chi connectivity index (χ4v) is 3.90. The monoisotopic (exact) mass is 418 g/mol. The van der Waals surface area contributed by atoms with Gasteiger partial charge in [-0.3, -0.25) is 0 Å². The van der Waals surface area contributed by atoms with Crippen molar-refractivity contribution in [3.63, 3.8) is 0 Å². The average molecular weight is 419 g/mol. The summed E-state index contributed by atoms with van der Waals surface area (Å²) in [5, 5.41) is 0. The number of fused-ring (bicyclic) bond motifs is 3. The highest BCUT2D eigenvalue weighted by Crippen LogP contribution is 2.49. The number of hydrogen-bond acceptors (Lipinski definition) is 4. The molecule has 1 aliphatic carbocycles. The summed E-state index contributed by atoms with van der Waals surface area (Å²) in [5.74, 6) is -0.202. The van der Waals surface area contributed by atoms with E-state index in [4.69, 9.17) is 9.47 Å². The molecule has 0 aromatic heterocycles. The molecule has 0 N–H and O–H groups in total. The van der Waals surface area contributed by atoms with Crippen LogP contribution in [-0.2, 0) is 26.2 Å². The summed E-state index contributed by atoms with van der Waals surface area (Å²) in [6.07, 6.45) is 2.68. The lowest BCUT2D eigenvalue weighted by molar-refractivity contribution is -0.139. The molecule has 0 heterocycles. The Morgan fingerprint density at radius 1 is 0.871 bits per heavy atom. The first-order valence-corrected chi connectivity index (χ1v) is 10.6. The van der Waals surface area contributed by atoms with E-state index in [1.807, 2.05) is 18.2 Å². The summed E-state index contributed by atoms with van der Waals surface area (Å²) in [7, 11) is 0. The smallest absolute Gasteiger partial charge is 0.338 e. The molecular formula is C27H30O4. The molecule has 0 saturated carbocycles. The first-order chi connectivity index (χ1) is 14.6. The minimum Gasteiger partial charge on any atom is -0.462 e. The molecule has 0 spiro atoms. The number of carbonyl (C=O) groups is 2. The summed E-state index contributed by atoms with van der Waals surface area (Å²) >= 11 is 0. The van der Waals surface area contributed by atoms with E-state index >= 15 is 0 Å². The predicted molar refractivity (Wildman–Crippen MR) is 123 cm³/mol. The van der Waals surface area contributed by atoms with E-state index in [-0.39, 0.29) is 11.4 Å². The van der Waals surface area contributed by atoms with Crippen LogP contribution < -0.4 is 4.74 Å². The summed E-state index contributed by atoms with van der Waals surface area (Å²) < 4.78 is 10.6. The Hall–Kier alpha value is -3.14. The molecule has 0 atom stereocenters. The highest BCUT2D eigenvalue weighted by atomic mass is 16.5. The second-order valence-electron chi connectivity index (χ2n) is 8.76. The lowest BCUT2D eigenvalue weighted by Crippen LogP contribution is -2.16. The van der Waals surface area contributed by atoms with E-state index in [0.29, 0.717) is 23.5 Å². The zero-order valence-electron chi connectivity index (χ0n) is 18.8. The van der Waals surface area contributed by atoms with E-state index in [0.717, 1.165) is 24.8 Å². The van der Waals surface area contributed by atoms with Crippen molar-refractivity contribution in [3.8, 4) is 16.9 Å². The lowest BCUT2D eigenvalue weighted by Gasteiger charge is -2.22. The van der Waals surface area contributed by atoms with Crippen LogP contribution in [0.25, 0.3) is 11.1 Å². The van der Waals surface area contributed by atoms with Gasteiger partial charge in [-0.1, -0.05) is 51.3 Å². The van der Waals surface area contributed by atoms with Crippen LogP contribution in [0.3, 0.4) is 0 Å². The van der Waals surface area contributed by atoms with Crippen LogP contribution in [0.4, 0.5) is 0 Å². The Bertz CT molecular complexity index is 1060. The van der Waals surface area contributed by atoms with Crippen molar-refractivity contribution in [2.24, 2.45) is 0 Å². The van der Waals surface area contributed by atoms with Crippen molar-refractivity contribution in [1.29, 1.82) is 0 Å².